The molecule has 3 nitrogen and oxygen atoms in total. The number of carbonyl (C=O) groups excluding carboxylic acids is 1. The largest absolute Gasteiger partial charge is 0.334 e. The van der Waals surface area contributed by atoms with Crippen LogP contribution in [0, 0.1) is 11.6 Å². The Morgan fingerprint density at radius 1 is 1.21 bits per heavy atom. The maximum absolute atomic E-state index is 13.9. The number of carbonyl (C=O) groups is 1. The van der Waals surface area contributed by atoms with Crippen molar-refractivity contribution in [2.75, 3.05) is 6.54 Å². The Balaban J connectivity index is 1.72. The topological polar surface area (TPSA) is 33.2 Å². The van der Waals surface area contributed by atoms with Gasteiger partial charge in [0.2, 0.25) is 0 Å². The minimum absolute atomic E-state index is 0.0673. The molecule has 1 aromatic carbocycles. The van der Waals surface area contributed by atoms with Gasteiger partial charge in [-0.3, -0.25) is 4.79 Å². The van der Waals surface area contributed by atoms with E-state index in [4.69, 9.17) is 0 Å². The molecule has 0 aliphatic carbocycles. The van der Waals surface area contributed by atoms with Crippen LogP contribution >= 0.6 is 0 Å². The first kappa shape index (κ1) is 16.6. The van der Waals surface area contributed by atoms with Crippen LogP contribution in [0.4, 0.5) is 8.78 Å². The summed E-state index contributed by atoms with van der Waals surface area (Å²) >= 11 is 0. The number of halogens is 2. The Morgan fingerprint density at radius 3 is 2.75 bits per heavy atom. The Labute approximate surface area is 140 Å². The summed E-state index contributed by atoms with van der Waals surface area (Å²) in [7, 11) is 0. The van der Waals surface area contributed by atoms with E-state index in [9.17, 15) is 13.6 Å². The van der Waals surface area contributed by atoms with Crippen LogP contribution in [-0.4, -0.2) is 28.4 Å². The van der Waals surface area contributed by atoms with Gasteiger partial charge in [-0.2, -0.15) is 0 Å². The molecule has 1 aliphatic heterocycles. The molecule has 1 atom stereocenters. The second kappa shape index (κ2) is 7.51. The van der Waals surface area contributed by atoms with Crippen LogP contribution in [0.3, 0.4) is 0 Å². The van der Waals surface area contributed by atoms with E-state index in [1.54, 1.807) is 4.90 Å². The zero-order chi connectivity index (χ0) is 16.9. The van der Waals surface area contributed by atoms with Crippen LogP contribution in [0.5, 0.6) is 0 Å². The standard InChI is InChI=1S/C19H20F2N2O/c20-15-12-17(21)18(22-13-15)19(24)23-11-5-4-8-16(23)10-9-14-6-2-1-3-7-14/h1-3,6-7,12-13,16H,4-5,8-11H2/t16-/m1/s1. The number of benzene rings is 1. The number of piperidine rings is 1. The molecule has 0 unspecified atom stereocenters. The number of aromatic nitrogens is 1. The van der Waals surface area contributed by atoms with Gasteiger partial charge in [-0.15, -0.1) is 0 Å². The number of hydrogen-bond acceptors (Lipinski definition) is 2. The second-order valence-electron chi connectivity index (χ2n) is 6.16. The van der Waals surface area contributed by atoms with Gasteiger partial charge in [0.05, 0.1) is 6.20 Å². The fourth-order valence-electron chi connectivity index (χ4n) is 3.25. The molecule has 126 valence electrons. The quantitative estimate of drug-likeness (QED) is 0.849. The molecule has 1 fully saturated rings. The summed E-state index contributed by atoms with van der Waals surface area (Å²) in [4.78, 5) is 18.0. The first-order valence-electron chi connectivity index (χ1n) is 8.31. The average molecular weight is 330 g/mol. The second-order valence-corrected chi connectivity index (χ2v) is 6.16. The SMILES string of the molecule is O=C(c1ncc(F)cc1F)N1CCCC[C@@H]1CCc1ccccc1. The number of pyridine rings is 1. The number of nitrogens with zero attached hydrogens (tertiary/aromatic N) is 2. The van der Waals surface area contributed by atoms with E-state index >= 15 is 0 Å². The molecule has 1 aliphatic rings. The molecule has 0 saturated carbocycles. The van der Waals surface area contributed by atoms with E-state index in [1.807, 2.05) is 18.2 Å². The Kier molecular flexibility index (Phi) is 5.18. The molecule has 0 spiro atoms. The van der Waals surface area contributed by atoms with Crippen molar-refractivity contribution in [3.8, 4) is 0 Å². The summed E-state index contributed by atoms with van der Waals surface area (Å²) in [6.07, 6.45) is 5.45. The highest BCUT2D eigenvalue weighted by atomic mass is 19.1. The van der Waals surface area contributed by atoms with Crippen LogP contribution in [0.2, 0.25) is 0 Å². The zero-order valence-electron chi connectivity index (χ0n) is 13.4. The Morgan fingerprint density at radius 2 is 2.00 bits per heavy atom. The molecule has 0 N–H and O–H groups in total. The third-order valence-electron chi connectivity index (χ3n) is 4.51. The van der Waals surface area contributed by atoms with E-state index in [2.05, 4.69) is 17.1 Å². The van der Waals surface area contributed by atoms with E-state index in [0.717, 1.165) is 38.3 Å². The minimum Gasteiger partial charge on any atom is -0.334 e. The molecule has 24 heavy (non-hydrogen) atoms. The van der Waals surface area contributed by atoms with Crippen molar-refractivity contribution in [3.05, 3.63) is 65.5 Å². The van der Waals surface area contributed by atoms with Crippen molar-refractivity contribution in [1.82, 2.24) is 9.88 Å². The first-order chi connectivity index (χ1) is 11.6. The fourth-order valence-corrected chi connectivity index (χ4v) is 3.25. The molecular formula is C19H20F2N2O. The summed E-state index contributed by atoms with van der Waals surface area (Å²) in [6.45, 7) is 0.594. The maximum atomic E-state index is 13.9. The highest BCUT2D eigenvalue weighted by molar-refractivity contribution is 5.92. The lowest BCUT2D eigenvalue weighted by Gasteiger charge is -2.35. The lowest BCUT2D eigenvalue weighted by molar-refractivity contribution is 0.0590. The monoisotopic (exact) mass is 330 g/mol. The van der Waals surface area contributed by atoms with Crippen molar-refractivity contribution in [1.29, 1.82) is 0 Å². The molecule has 0 bridgehead atoms. The van der Waals surface area contributed by atoms with Gasteiger partial charge >= 0.3 is 0 Å². The van der Waals surface area contributed by atoms with Gasteiger partial charge in [0.15, 0.2) is 11.5 Å². The summed E-state index contributed by atoms with van der Waals surface area (Å²) in [6, 6.07) is 10.9. The maximum Gasteiger partial charge on any atom is 0.275 e. The van der Waals surface area contributed by atoms with Gasteiger partial charge in [0.1, 0.15) is 5.82 Å². The molecule has 1 aromatic heterocycles. The van der Waals surface area contributed by atoms with Crippen molar-refractivity contribution in [2.45, 2.75) is 38.1 Å². The lowest BCUT2D eigenvalue weighted by Crippen LogP contribution is -2.44. The number of aryl methyl sites for hydroxylation is 1. The Hall–Kier alpha value is -2.30. The van der Waals surface area contributed by atoms with Gasteiger partial charge in [0.25, 0.3) is 5.91 Å². The van der Waals surface area contributed by atoms with Crippen LogP contribution in [0.1, 0.15) is 41.7 Å². The van der Waals surface area contributed by atoms with E-state index in [0.29, 0.717) is 12.6 Å². The molecular weight excluding hydrogens is 310 g/mol. The van der Waals surface area contributed by atoms with Crippen LogP contribution in [0.15, 0.2) is 42.6 Å². The zero-order valence-corrected chi connectivity index (χ0v) is 13.4. The molecule has 5 heteroatoms. The van der Waals surface area contributed by atoms with Crippen molar-refractivity contribution in [2.24, 2.45) is 0 Å². The van der Waals surface area contributed by atoms with Crippen LogP contribution in [0.25, 0.3) is 0 Å². The van der Waals surface area contributed by atoms with Gasteiger partial charge < -0.3 is 4.90 Å². The minimum atomic E-state index is -0.896. The molecule has 3 rings (SSSR count). The van der Waals surface area contributed by atoms with Gasteiger partial charge in [-0.1, -0.05) is 30.3 Å². The average Bonchev–Trinajstić information content (AvgIpc) is 2.60. The highest BCUT2D eigenvalue weighted by Crippen LogP contribution is 2.24. The van der Waals surface area contributed by atoms with Crippen molar-refractivity contribution >= 4 is 5.91 Å². The van der Waals surface area contributed by atoms with E-state index < -0.39 is 17.5 Å². The predicted octanol–water partition coefficient (Wildman–Crippen LogP) is 3.99. The smallest absolute Gasteiger partial charge is 0.275 e. The Bertz CT molecular complexity index is 706. The fraction of sp³-hybridized carbons (Fsp3) is 0.368. The molecule has 0 radical (unpaired) electrons. The summed E-state index contributed by atoms with van der Waals surface area (Å²) in [5.41, 5.74) is 0.935. The molecule has 1 amide bonds. The van der Waals surface area contributed by atoms with E-state index in [-0.39, 0.29) is 11.7 Å². The number of rotatable bonds is 4. The van der Waals surface area contributed by atoms with Crippen LogP contribution < -0.4 is 0 Å². The summed E-state index contributed by atoms with van der Waals surface area (Å²) in [5.74, 6) is -2.11. The summed E-state index contributed by atoms with van der Waals surface area (Å²) in [5, 5.41) is 0. The number of likely N-dealkylation sites (tertiary alicyclic amines) is 1. The van der Waals surface area contributed by atoms with Crippen molar-refractivity contribution < 1.29 is 13.6 Å². The summed E-state index contributed by atoms with van der Waals surface area (Å²) < 4.78 is 26.9. The highest BCUT2D eigenvalue weighted by Gasteiger charge is 2.29. The number of amides is 1. The normalized spacial score (nSPS) is 17.8. The molecule has 1 saturated heterocycles. The van der Waals surface area contributed by atoms with Gasteiger partial charge in [0, 0.05) is 18.7 Å². The van der Waals surface area contributed by atoms with Gasteiger partial charge in [-0.05, 0) is 37.7 Å². The third-order valence-corrected chi connectivity index (χ3v) is 4.51. The predicted molar refractivity (Wildman–Crippen MR) is 87.6 cm³/mol. The van der Waals surface area contributed by atoms with Gasteiger partial charge in [-0.25, -0.2) is 13.8 Å². The van der Waals surface area contributed by atoms with E-state index in [1.165, 1.54) is 5.56 Å². The third kappa shape index (κ3) is 3.78. The lowest BCUT2D eigenvalue weighted by atomic mass is 9.95. The molecule has 2 heterocycles. The number of hydrogen-bond donors (Lipinski definition) is 0. The van der Waals surface area contributed by atoms with Crippen molar-refractivity contribution in [3.63, 3.8) is 0 Å². The van der Waals surface area contributed by atoms with Crippen LogP contribution in [-0.2, 0) is 6.42 Å². The molecule has 2 aromatic rings. The first-order valence-corrected chi connectivity index (χ1v) is 8.31.